The third-order valence-corrected chi connectivity index (χ3v) is 7.65. The van der Waals surface area contributed by atoms with E-state index in [1.807, 2.05) is 24.3 Å². The van der Waals surface area contributed by atoms with Crippen LogP contribution in [-0.4, -0.2) is 44.5 Å². The summed E-state index contributed by atoms with van der Waals surface area (Å²) in [7, 11) is -3.25. The Kier molecular flexibility index (Phi) is 6.80. The molecule has 1 fully saturated rings. The first-order valence-electron chi connectivity index (χ1n) is 11.3. The first kappa shape index (κ1) is 23.6. The van der Waals surface area contributed by atoms with Crippen molar-refractivity contribution < 1.29 is 22.7 Å². The van der Waals surface area contributed by atoms with Crippen molar-refractivity contribution in [3.8, 4) is 23.1 Å². The number of carbonyl (C=O) groups is 1. The molecule has 9 heteroatoms. The summed E-state index contributed by atoms with van der Waals surface area (Å²) < 4.78 is 38.8. The van der Waals surface area contributed by atoms with Crippen LogP contribution in [0.25, 0.3) is 22.2 Å². The lowest BCUT2D eigenvalue weighted by Gasteiger charge is -2.17. The number of esters is 1. The summed E-state index contributed by atoms with van der Waals surface area (Å²) in [5.74, 6) is 0.441. The van der Waals surface area contributed by atoms with Gasteiger partial charge >= 0.3 is 5.97 Å². The molecule has 1 aliphatic heterocycles. The highest BCUT2D eigenvalue weighted by Crippen LogP contribution is 2.36. The summed E-state index contributed by atoms with van der Waals surface area (Å²) in [4.78, 5) is 10.9. The highest BCUT2D eigenvalue weighted by Gasteiger charge is 2.28. The maximum atomic E-state index is 12.3. The number of benzene rings is 2. The molecule has 34 heavy (non-hydrogen) atoms. The van der Waals surface area contributed by atoms with Crippen molar-refractivity contribution in [2.24, 2.45) is 0 Å². The number of aryl methyl sites for hydroxylation is 1. The number of hydrogen-bond donors (Lipinski definition) is 0. The van der Waals surface area contributed by atoms with Gasteiger partial charge in [0.2, 0.25) is 10.0 Å². The Balaban J connectivity index is 1.72. The molecule has 0 unspecified atom stereocenters. The molecule has 2 aromatic carbocycles. The minimum Gasteiger partial charge on any atom is -0.490 e. The molecule has 0 N–H and O–H groups in total. The molecule has 0 bridgehead atoms. The molecule has 1 aromatic heterocycles. The Hall–Kier alpha value is -3.51. The molecule has 3 aromatic rings. The number of carbonyl (C=O) groups excluding carboxylic acids is 1. The number of sulfonamides is 1. The number of nitrogens with zero attached hydrogens (tertiary/aromatic N) is 3. The third kappa shape index (κ3) is 4.59. The van der Waals surface area contributed by atoms with Gasteiger partial charge < -0.3 is 14.0 Å². The van der Waals surface area contributed by atoms with Gasteiger partial charge in [-0.1, -0.05) is 19.1 Å². The Morgan fingerprint density at radius 1 is 1.15 bits per heavy atom. The molecule has 0 atom stereocenters. The predicted octanol–water partition coefficient (Wildman–Crippen LogP) is 4.07. The minimum absolute atomic E-state index is 0.164. The molecule has 0 aliphatic carbocycles. The summed E-state index contributed by atoms with van der Waals surface area (Å²) in [6.45, 7) is 5.01. The largest absolute Gasteiger partial charge is 0.490 e. The van der Waals surface area contributed by atoms with Crippen LogP contribution in [0.4, 0.5) is 5.69 Å². The Morgan fingerprint density at radius 2 is 1.91 bits per heavy atom. The van der Waals surface area contributed by atoms with E-state index in [9.17, 15) is 18.5 Å². The summed E-state index contributed by atoms with van der Waals surface area (Å²) in [6, 6.07) is 15.3. The van der Waals surface area contributed by atoms with Crippen LogP contribution in [0.15, 0.2) is 42.5 Å². The van der Waals surface area contributed by atoms with E-state index in [0.717, 1.165) is 28.6 Å². The monoisotopic (exact) mass is 481 g/mol. The fourth-order valence-electron chi connectivity index (χ4n) is 4.35. The van der Waals surface area contributed by atoms with Crippen LogP contribution in [-0.2, 0) is 26.1 Å². The number of rotatable bonds is 8. The number of ether oxygens (including phenoxy) is 2. The van der Waals surface area contributed by atoms with Crippen LogP contribution < -0.4 is 9.04 Å². The van der Waals surface area contributed by atoms with Crippen molar-refractivity contribution in [1.29, 1.82) is 5.26 Å². The van der Waals surface area contributed by atoms with Gasteiger partial charge in [-0.25, -0.2) is 8.42 Å². The van der Waals surface area contributed by atoms with Crippen molar-refractivity contribution in [1.82, 2.24) is 4.57 Å². The highest BCUT2D eigenvalue weighted by molar-refractivity contribution is 7.93. The molecule has 178 valence electrons. The second-order valence-corrected chi connectivity index (χ2v) is 10.2. The SMILES string of the molecule is CCCn1c(-c2ccc(N3CCCS3(=O)=O)cc2)c(C#N)c2ccc(OCCOC(C)=O)cc21. The van der Waals surface area contributed by atoms with Crippen LogP contribution in [0, 0.1) is 11.3 Å². The number of fused-ring (bicyclic) bond motifs is 1. The fraction of sp³-hybridized carbons (Fsp3) is 0.360. The van der Waals surface area contributed by atoms with Gasteiger partial charge in [-0.15, -0.1) is 0 Å². The first-order valence-corrected chi connectivity index (χ1v) is 12.9. The minimum atomic E-state index is -3.25. The Labute approximate surface area is 199 Å². The van der Waals surface area contributed by atoms with Gasteiger partial charge in [-0.05, 0) is 42.7 Å². The smallest absolute Gasteiger partial charge is 0.302 e. The fourth-order valence-corrected chi connectivity index (χ4v) is 5.91. The average Bonchev–Trinajstić information content (AvgIpc) is 3.33. The van der Waals surface area contributed by atoms with Crippen molar-refractivity contribution >= 4 is 32.6 Å². The molecular formula is C25H27N3O5S. The maximum Gasteiger partial charge on any atom is 0.302 e. The maximum absolute atomic E-state index is 12.3. The lowest BCUT2D eigenvalue weighted by molar-refractivity contribution is -0.141. The third-order valence-electron chi connectivity index (χ3n) is 5.78. The van der Waals surface area contributed by atoms with Gasteiger partial charge in [0, 0.05) is 31.5 Å². The van der Waals surface area contributed by atoms with E-state index in [1.165, 1.54) is 11.2 Å². The normalized spacial score (nSPS) is 14.8. The van der Waals surface area contributed by atoms with E-state index in [2.05, 4.69) is 17.6 Å². The molecule has 4 rings (SSSR count). The molecule has 0 radical (unpaired) electrons. The molecule has 0 spiro atoms. The van der Waals surface area contributed by atoms with Crippen molar-refractivity contribution in [2.75, 3.05) is 29.8 Å². The summed E-state index contributed by atoms with van der Waals surface area (Å²) >= 11 is 0. The predicted molar refractivity (Wildman–Crippen MR) is 130 cm³/mol. The van der Waals surface area contributed by atoms with E-state index in [-0.39, 0.29) is 24.9 Å². The van der Waals surface area contributed by atoms with Gasteiger partial charge in [0.05, 0.1) is 28.2 Å². The molecular weight excluding hydrogens is 454 g/mol. The van der Waals surface area contributed by atoms with E-state index < -0.39 is 10.0 Å². The van der Waals surface area contributed by atoms with Crippen LogP contribution in [0.5, 0.6) is 5.75 Å². The molecule has 0 saturated carbocycles. The second kappa shape index (κ2) is 9.77. The lowest BCUT2D eigenvalue weighted by Crippen LogP contribution is -2.24. The molecule has 8 nitrogen and oxygen atoms in total. The first-order chi connectivity index (χ1) is 16.4. The topological polar surface area (TPSA) is 102 Å². The zero-order valence-electron chi connectivity index (χ0n) is 19.3. The summed E-state index contributed by atoms with van der Waals surface area (Å²) in [5.41, 5.74) is 3.73. The van der Waals surface area contributed by atoms with Crippen molar-refractivity contribution in [3.05, 3.63) is 48.0 Å². The second-order valence-electron chi connectivity index (χ2n) is 8.14. The molecule has 2 heterocycles. The van der Waals surface area contributed by atoms with Gasteiger partial charge in [0.1, 0.15) is 25.0 Å². The van der Waals surface area contributed by atoms with Crippen LogP contribution in [0.2, 0.25) is 0 Å². The number of nitriles is 1. The Morgan fingerprint density at radius 3 is 2.53 bits per heavy atom. The zero-order valence-corrected chi connectivity index (χ0v) is 20.1. The molecule has 1 aliphatic rings. The lowest BCUT2D eigenvalue weighted by atomic mass is 10.1. The summed E-state index contributed by atoms with van der Waals surface area (Å²) in [6.07, 6.45) is 1.49. The standard InChI is InChI=1S/C25H27N3O5S/c1-3-11-27-24-16-21(33-14-13-32-18(2)29)9-10-22(24)23(17-26)25(27)19-5-7-20(8-6-19)28-12-4-15-34(28,30)31/h5-10,16H,3-4,11-15H2,1-2H3. The van der Waals surface area contributed by atoms with Crippen molar-refractivity contribution in [2.45, 2.75) is 33.2 Å². The number of hydrogen-bond acceptors (Lipinski definition) is 6. The van der Waals surface area contributed by atoms with Gasteiger partial charge in [-0.2, -0.15) is 5.26 Å². The van der Waals surface area contributed by atoms with Crippen LogP contribution >= 0.6 is 0 Å². The Bertz CT molecular complexity index is 1350. The van der Waals surface area contributed by atoms with Crippen LogP contribution in [0.3, 0.4) is 0 Å². The van der Waals surface area contributed by atoms with Gasteiger partial charge in [0.25, 0.3) is 0 Å². The van der Waals surface area contributed by atoms with E-state index in [0.29, 0.717) is 36.5 Å². The van der Waals surface area contributed by atoms with Crippen LogP contribution in [0.1, 0.15) is 32.3 Å². The highest BCUT2D eigenvalue weighted by atomic mass is 32.2. The quantitative estimate of drug-likeness (QED) is 0.355. The average molecular weight is 482 g/mol. The van der Waals surface area contributed by atoms with E-state index in [4.69, 9.17) is 9.47 Å². The zero-order chi connectivity index (χ0) is 24.3. The van der Waals surface area contributed by atoms with E-state index in [1.54, 1.807) is 18.2 Å². The van der Waals surface area contributed by atoms with Gasteiger partial charge in [-0.3, -0.25) is 9.10 Å². The summed E-state index contributed by atoms with van der Waals surface area (Å²) in [5, 5.41) is 10.8. The van der Waals surface area contributed by atoms with Crippen molar-refractivity contribution in [3.63, 3.8) is 0 Å². The molecule has 1 saturated heterocycles. The number of aromatic nitrogens is 1. The van der Waals surface area contributed by atoms with Gasteiger partial charge in [0.15, 0.2) is 0 Å². The molecule has 0 amide bonds. The number of anilines is 1. The van der Waals surface area contributed by atoms with E-state index >= 15 is 0 Å².